The molecule has 0 bridgehead atoms. The fourth-order valence-corrected chi connectivity index (χ4v) is 7.41. The summed E-state index contributed by atoms with van der Waals surface area (Å²) in [5, 5.41) is 37.7. The highest BCUT2D eigenvalue weighted by Gasteiger charge is 2.40. The third-order valence-electron chi connectivity index (χ3n) is 10.9. The molecule has 1 aliphatic heterocycles. The Bertz CT molecular complexity index is 2450. The van der Waals surface area contributed by atoms with Crippen molar-refractivity contribution in [2.75, 3.05) is 25.0 Å². The highest BCUT2D eigenvalue weighted by molar-refractivity contribution is 5.91. The average Bonchev–Trinajstić information content (AvgIpc) is 3.52. The largest absolute Gasteiger partial charge is 0.481 e. The van der Waals surface area contributed by atoms with Crippen molar-refractivity contribution in [3.63, 3.8) is 0 Å². The van der Waals surface area contributed by atoms with Crippen LogP contribution in [0.3, 0.4) is 0 Å². The number of likely N-dealkylation sites (tertiary alicyclic amines) is 1. The van der Waals surface area contributed by atoms with Gasteiger partial charge in [0.15, 0.2) is 11.4 Å². The van der Waals surface area contributed by atoms with Crippen LogP contribution in [-0.2, 0) is 17.9 Å². The van der Waals surface area contributed by atoms with Crippen LogP contribution >= 0.6 is 0 Å². The van der Waals surface area contributed by atoms with Crippen LogP contribution in [0.25, 0.3) is 44.6 Å². The molecule has 0 spiro atoms. The number of carbonyl (C=O) groups is 1. The van der Waals surface area contributed by atoms with E-state index in [4.69, 9.17) is 14.4 Å². The summed E-state index contributed by atoms with van der Waals surface area (Å²) in [5.74, 6) is 0.317. The normalized spacial score (nSPS) is 18.0. The van der Waals surface area contributed by atoms with Gasteiger partial charge in [0.2, 0.25) is 5.89 Å². The van der Waals surface area contributed by atoms with Gasteiger partial charge >= 0.3 is 5.97 Å². The zero-order chi connectivity index (χ0) is 36.9. The molecule has 1 aliphatic carbocycles. The SMILES string of the molecule is Cc1c(Nc2nccc3cc(CNCC4(O)CC4)cnc23)cccc1-c1cccc(-c2nc3cc(CN4CCC(C)(C(=O)O)C4)cc(C#N)c3o2)c1C. The number of nitrogens with zero attached hydrogens (tertiary/aromatic N) is 5. The number of anilines is 2. The highest BCUT2D eigenvalue weighted by Crippen LogP contribution is 2.38. The van der Waals surface area contributed by atoms with E-state index in [0.29, 0.717) is 67.5 Å². The van der Waals surface area contributed by atoms with Crippen molar-refractivity contribution in [2.24, 2.45) is 5.41 Å². The van der Waals surface area contributed by atoms with E-state index in [9.17, 15) is 20.3 Å². The van der Waals surface area contributed by atoms with E-state index in [2.05, 4.69) is 58.6 Å². The molecule has 0 radical (unpaired) electrons. The van der Waals surface area contributed by atoms with Crippen molar-refractivity contribution in [1.82, 2.24) is 25.2 Å². The molecule has 2 fully saturated rings. The Morgan fingerprint density at radius 1 is 1.00 bits per heavy atom. The molecule has 1 saturated carbocycles. The van der Waals surface area contributed by atoms with E-state index < -0.39 is 17.0 Å². The van der Waals surface area contributed by atoms with Crippen molar-refractivity contribution < 1.29 is 19.4 Å². The average molecular weight is 708 g/mol. The van der Waals surface area contributed by atoms with Gasteiger partial charge in [-0.3, -0.25) is 14.7 Å². The number of hydrogen-bond acceptors (Lipinski definition) is 10. The summed E-state index contributed by atoms with van der Waals surface area (Å²) in [6.07, 6.45) is 5.93. The molecule has 268 valence electrons. The summed E-state index contributed by atoms with van der Waals surface area (Å²) in [6.45, 7) is 8.80. The number of nitriles is 1. The molecule has 2 aliphatic rings. The van der Waals surface area contributed by atoms with E-state index in [1.165, 1.54) is 0 Å². The topological polar surface area (TPSA) is 160 Å². The maximum absolute atomic E-state index is 11.8. The number of carboxylic acids is 1. The van der Waals surface area contributed by atoms with Gasteiger partial charge in [0, 0.05) is 55.2 Å². The van der Waals surface area contributed by atoms with Crippen LogP contribution < -0.4 is 10.6 Å². The van der Waals surface area contributed by atoms with Gasteiger partial charge < -0.3 is 25.3 Å². The third kappa shape index (κ3) is 6.73. The summed E-state index contributed by atoms with van der Waals surface area (Å²) in [7, 11) is 0. The molecule has 0 amide bonds. The molecule has 3 aromatic carbocycles. The van der Waals surface area contributed by atoms with E-state index in [-0.39, 0.29) is 0 Å². The lowest BCUT2D eigenvalue weighted by Gasteiger charge is -2.20. The van der Waals surface area contributed by atoms with Crippen molar-refractivity contribution in [1.29, 1.82) is 5.26 Å². The summed E-state index contributed by atoms with van der Waals surface area (Å²) in [6, 6.07) is 22.3. The number of aliphatic carboxylic acids is 1. The minimum atomic E-state index is -0.784. The van der Waals surface area contributed by atoms with Gasteiger partial charge in [-0.15, -0.1) is 0 Å². The molecular weight excluding hydrogens is 667 g/mol. The molecule has 3 aromatic heterocycles. The first kappa shape index (κ1) is 34.4. The number of pyridine rings is 2. The second kappa shape index (κ2) is 13.4. The predicted octanol–water partition coefficient (Wildman–Crippen LogP) is 7.25. The predicted molar refractivity (Wildman–Crippen MR) is 203 cm³/mol. The van der Waals surface area contributed by atoms with E-state index in [1.807, 2.05) is 48.7 Å². The molecule has 1 saturated heterocycles. The van der Waals surface area contributed by atoms with Gasteiger partial charge in [-0.05, 0) is 116 Å². The quantitative estimate of drug-likeness (QED) is 0.107. The Kier molecular flexibility index (Phi) is 8.69. The van der Waals surface area contributed by atoms with E-state index >= 15 is 0 Å². The second-order valence-corrected chi connectivity index (χ2v) is 14.9. The molecule has 4 N–H and O–H groups in total. The number of benzene rings is 3. The Hall–Kier alpha value is -5.67. The van der Waals surface area contributed by atoms with Crippen molar-refractivity contribution in [3.8, 4) is 28.7 Å². The number of nitrogens with one attached hydrogen (secondary N) is 2. The summed E-state index contributed by atoms with van der Waals surface area (Å²) >= 11 is 0. The number of fused-ring (bicyclic) bond motifs is 2. The monoisotopic (exact) mass is 707 g/mol. The molecular formula is C42H41N7O4. The van der Waals surface area contributed by atoms with Crippen LogP contribution in [0.1, 0.15) is 54.0 Å². The molecule has 11 heteroatoms. The highest BCUT2D eigenvalue weighted by atomic mass is 16.4. The van der Waals surface area contributed by atoms with Crippen LogP contribution in [-0.4, -0.2) is 61.3 Å². The summed E-state index contributed by atoms with van der Waals surface area (Å²) < 4.78 is 6.29. The van der Waals surface area contributed by atoms with Crippen molar-refractivity contribution in [3.05, 3.63) is 101 Å². The lowest BCUT2D eigenvalue weighted by Crippen LogP contribution is -2.31. The molecule has 6 aromatic rings. The lowest BCUT2D eigenvalue weighted by atomic mass is 9.90. The zero-order valence-electron chi connectivity index (χ0n) is 30.0. The smallest absolute Gasteiger partial charge is 0.310 e. The third-order valence-corrected chi connectivity index (χ3v) is 10.9. The number of oxazole rings is 1. The Morgan fingerprint density at radius 3 is 2.53 bits per heavy atom. The Labute approximate surface area is 307 Å². The number of hydrogen-bond donors (Lipinski definition) is 4. The van der Waals surface area contributed by atoms with Gasteiger partial charge in [-0.1, -0.05) is 24.3 Å². The van der Waals surface area contributed by atoms with Crippen LogP contribution in [0.2, 0.25) is 0 Å². The van der Waals surface area contributed by atoms with Crippen molar-refractivity contribution in [2.45, 2.75) is 58.7 Å². The van der Waals surface area contributed by atoms with Gasteiger partial charge in [-0.25, -0.2) is 9.97 Å². The van der Waals surface area contributed by atoms with Gasteiger partial charge in [-0.2, -0.15) is 5.26 Å². The van der Waals surface area contributed by atoms with Crippen LogP contribution in [0.15, 0.2) is 77.5 Å². The number of aliphatic hydroxyl groups is 1. The Balaban J connectivity index is 1.05. The molecule has 11 nitrogen and oxygen atoms in total. The fraction of sp³-hybridized carbons (Fsp3) is 0.310. The zero-order valence-corrected chi connectivity index (χ0v) is 30.0. The fourth-order valence-electron chi connectivity index (χ4n) is 7.41. The number of aromatic nitrogens is 3. The summed E-state index contributed by atoms with van der Waals surface area (Å²) in [5.41, 5.74) is 8.67. The summed E-state index contributed by atoms with van der Waals surface area (Å²) in [4.78, 5) is 28.2. The van der Waals surface area contributed by atoms with Crippen LogP contribution in [0.5, 0.6) is 0 Å². The minimum absolute atomic E-state index is 0.400. The van der Waals surface area contributed by atoms with E-state index in [0.717, 1.165) is 68.4 Å². The number of rotatable bonds is 11. The van der Waals surface area contributed by atoms with Crippen LogP contribution in [0.4, 0.5) is 11.5 Å². The maximum atomic E-state index is 11.8. The molecule has 4 heterocycles. The molecule has 1 atom stereocenters. The Morgan fingerprint density at radius 2 is 1.77 bits per heavy atom. The van der Waals surface area contributed by atoms with Gasteiger partial charge in [0.1, 0.15) is 17.1 Å². The number of carboxylic acid groups (broad SMARTS) is 1. The van der Waals surface area contributed by atoms with E-state index in [1.54, 1.807) is 13.1 Å². The lowest BCUT2D eigenvalue weighted by molar-refractivity contribution is -0.147. The molecule has 1 unspecified atom stereocenters. The van der Waals surface area contributed by atoms with Gasteiger partial charge in [0.25, 0.3) is 0 Å². The first-order chi connectivity index (χ1) is 25.5. The standard InChI is InChI=1S/C42H41N7O4/c1-25-31(6-4-8-33(25)39-48-35-18-27(16-30(19-43)37(35)53-39)22-49-15-13-41(3,24-49)40(50)51)32-7-5-9-34(26(32)2)47-38-36-29(10-14-45-38)17-28(21-46-36)20-44-23-42(52)11-12-42/h4-10,14,16-18,21,44,52H,11-13,15,20,22-24H2,1-3H3,(H,45,47)(H,50,51). The first-order valence-electron chi connectivity index (χ1n) is 18.0. The molecule has 53 heavy (non-hydrogen) atoms. The minimum Gasteiger partial charge on any atom is -0.481 e. The maximum Gasteiger partial charge on any atom is 0.310 e. The molecule has 8 rings (SSSR count). The van der Waals surface area contributed by atoms with Gasteiger partial charge in [0.05, 0.1) is 16.6 Å². The second-order valence-electron chi connectivity index (χ2n) is 14.9. The van der Waals surface area contributed by atoms with Crippen molar-refractivity contribution >= 4 is 39.5 Å². The first-order valence-corrected chi connectivity index (χ1v) is 18.0. The van der Waals surface area contributed by atoms with Crippen LogP contribution in [0, 0.1) is 30.6 Å².